The van der Waals surface area contributed by atoms with Crippen molar-refractivity contribution in [1.29, 1.82) is 0 Å². The van der Waals surface area contributed by atoms with Gasteiger partial charge in [0.15, 0.2) is 15.3 Å². The minimum atomic E-state index is -0.295. The molecule has 0 spiro atoms. The Bertz CT molecular complexity index is 1330. The Morgan fingerprint density at radius 1 is 0.576 bits per heavy atom. The van der Waals surface area contributed by atoms with Gasteiger partial charge in [-0.1, -0.05) is 135 Å². The summed E-state index contributed by atoms with van der Waals surface area (Å²) in [4.78, 5) is 45.3. The first-order valence-corrected chi connectivity index (χ1v) is 23.3. The van der Waals surface area contributed by atoms with E-state index >= 15 is 0 Å². The van der Waals surface area contributed by atoms with Crippen LogP contribution in [0.2, 0.25) is 0 Å². The Morgan fingerprint density at radius 2 is 0.966 bits per heavy atom. The molecule has 3 aliphatic heterocycles. The second kappa shape index (κ2) is 35.7. The molecule has 59 heavy (non-hydrogen) atoms. The van der Waals surface area contributed by atoms with Crippen LogP contribution in [0.4, 0.5) is 0 Å². The van der Waals surface area contributed by atoms with E-state index in [1.54, 1.807) is 6.92 Å². The summed E-state index contributed by atoms with van der Waals surface area (Å²) in [7, 11) is 0. The summed E-state index contributed by atoms with van der Waals surface area (Å²) in [5.41, 5.74) is 1.04. The van der Waals surface area contributed by atoms with Gasteiger partial charge < -0.3 is 41.5 Å². The third kappa shape index (κ3) is 29.0. The standard InChI is InChI=1S/C17H28N2O3S.C13H24N2O2S.C13H22N2O2S/c1-13(2)16(21)22-12-10-8-6-4-3-5-7-9-11-14-15(20)19-17(23)18-14;2*16-10-8-6-4-2-1-3-5-7-9-11-12(17)15-13(18)14-11/h14H,1,3-12H2,2H3,(H2,18,19,20,23);11,16H,1-10H2,(H2,14,15,17,18);9,16H,1-8,10H2,(H2,14,15,17,18)/b;;11-9-. The predicted molar refractivity (Wildman–Crippen MR) is 247 cm³/mol. The lowest BCUT2D eigenvalue weighted by atomic mass is 10.0. The van der Waals surface area contributed by atoms with E-state index in [0.29, 0.717) is 46.4 Å². The number of hydrogen-bond donors (Lipinski definition) is 8. The number of thiocarbonyl (C=S) groups is 3. The average molecular weight is 883 g/mol. The van der Waals surface area contributed by atoms with Crippen LogP contribution >= 0.6 is 36.7 Å². The number of carbonyl (C=O) groups excluding carboxylic acids is 4. The highest BCUT2D eigenvalue weighted by Gasteiger charge is 2.27. The molecule has 3 aliphatic rings. The number of amides is 3. The zero-order chi connectivity index (χ0) is 43.5. The Hall–Kier alpha value is -3.05. The lowest BCUT2D eigenvalue weighted by molar-refractivity contribution is -0.139. The fourth-order valence-corrected chi connectivity index (χ4v) is 7.24. The maximum atomic E-state index is 11.5. The molecule has 3 amide bonds. The van der Waals surface area contributed by atoms with E-state index in [4.69, 9.17) is 51.6 Å². The molecule has 0 saturated carbocycles. The van der Waals surface area contributed by atoms with E-state index in [1.807, 2.05) is 6.08 Å². The first kappa shape index (κ1) is 54.0. The number of unbranched alkanes of at least 4 members (excludes halogenated alkanes) is 21. The monoisotopic (exact) mass is 882 g/mol. The van der Waals surface area contributed by atoms with Crippen molar-refractivity contribution in [3.8, 4) is 0 Å². The number of carbonyl (C=O) groups is 4. The van der Waals surface area contributed by atoms with E-state index in [1.165, 1.54) is 83.5 Å². The average Bonchev–Trinajstić information content (AvgIpc) is 3.83. The molecule has 0 aromatic heterocycles. The van der Waals surface area contributed by atoms with Crippen molar-refractivity contribution >= 4 is 75.7 Å². The second-order valence-corrected chi connectivity index (χ2v) is 16.6. The molecule has 13 nitrogen and oxygen atoms in total. The fourth-order valence-electron chi connectivity index (χ4n) is 6.56. The normalized spacial score (nSPS) is 17.5. The largest absolute Gasteiger partial charge is 0.462 e. The van der Waals surface area contributed by atoms with Crippen LogP contribution < -0.4 is 31.9 Å². The highest BCUT2D eigenvalue weighted by molar-refractivity contribution is 7.80. The van der Waals surface area contributed by atoms with Crippen LogP contribution in [0.3, 0.4) is 0 Å². The molecule has 3 heterocycles. The van der Waals surface area contributed by atoms with Gasteiger partial charge in [-0.3, -0.25) is 19.7 Å². The van der Waals surface area contributed by atoms with Gasteiger partial charge in [0.05, 0.1) is 6.61 Å². The summed E-state index contributed by atoms with van der Waals surface area (Å²) in [5.74, 6) is -0.397. The summed E-state index contributed by atoms with van der Waals surface area (Å²) >= 11 is 14.6. The minimum Gasteiger partial charge on any atom is -0.462 e. The molecule has 0 aromatic carbocycles. The molecule has 16 heteroatoms. The fraction of sp³-hybridized carbons (Fsp3) is 0.744. The predicted octanol–water partition coefficient (Wildman–Crippen LogP) is 6.84. The molecular weight excluding hydrogens is 809 g/mol. The van der Waals surface area contributed by atoms with E-state index in [-0.39, 0.29) is 35.8 Å². The molecule has 0 radical (unpaired) electrons. The van der Waals surface area contributed by atoms with Crippen LogP contribution in [0.15, 0.2) is 23.9 Å². The number of aliphatic hydroxyl groups is 2. The molecule has 2 atom stereocenters. The molecule has 3 saturated heterocycles. The van der Waals surface area contributed by atoms with Crippen LogP contribution in [0.1, 0.15) is 174 Å². The summed E-state index contributed by atoms with van der Waals surface area (Å²) in [6, 6.07) is -0.244. The SMILES string of the molecule is C=C(C)C(=O)OCCCCCCCCCCC1NC(=S)NC1=O.O=C1NC(=S)N/C1=C\CCCCCCCCCO.O=C1NC(=S)NC1CCCCCCCCCCO. The van der Waals surface area contributed by atoms with Crippen molar-refractivity contribution in [3.63, 3.8) is 0 Å². The Kier molecular flexibility index (Phi) is 32.6. The molecule has 0 aliphatic carbocycles. The number of rotatable bonds is 31. The van der Waals surface area contributed by atoms with Crippen LogP contribution in [-0.4, -0.2) is 81.1 Å². The summed E-state index contributed by atoms with van der Waals surface area (Å²) < 4.78 is 5.04. The third-order valence-corrected chi connectivity index (χ3v) is 10.7. The van der Waals surface area contributed by atoms with Crippen molar-refractivity contribution in [3.05, 3.63) is 23.9 Å². The maximum Gasteiger partial charge on any atom is 0.333 e. The van der Waals surface area contributed by atoms with Crippen LogP contribution in [0, 0.1) is 0 Å². The molecule has 3 fully saturated rings. The lowest BCUT2D eigenvalue weighted by Gasteiger charge is -2.07. The zero-order valence-electron chi connectivity index (χ0n) is 35.6. The van der Waals surface area contributed by atoms with Crippen molar-refractivity contribution in [2.24, 2.45) is 0 Å². The van der Waals surface area contributed by atoms with E-state index in [9.17, 15) is 19.2 Å². The van der Waals surface area contributed by atoms with Gasteiger partial charge in [0.1, 0.15) is 17.8 Å². The van der Waals surface area contributed by atoms with Crippen LogP contribution in [0.25, 0.3) is 0 Å². The molecule has 336 valence electrons. The van der Waals surface area contributed by atoms with Gasteiger partial charge in [0.25, 0.3) is 5.91 Å². The van der Waals surface area contributed by atoms with Gasteiger partial charge in [0.2, 0.25) is 11.8 Å². The number of ether oxygens (including phenoxy) is 1. The quantitative estimate of drug-likeness (QED) is 0.0157. The number of nitrogens with one attached hydrogen (secondary N) is 6. The molecule has 2 unspecified atom stereocenters. The molecular formula is C43H74N6O7S3. The van der Waals surface area contributed by atoms with E-state index in [0.717, 1.165) is 83.5 Å². The van der Waals surface area contributed by atoms with E-state index < -0.39 is 0 Å². The van der Waals surface area contributed by atoms with Crippen molar-refractivity contribution in [2.45, 2.75) is 186 Å². The second-order valence-electron chi connectivity index (χ2n) is 15.4. The van der Waals surface area contributed by atoms with Crippen LogP contribution in [-0.2, 0) is 23.9 Å². The Balaban J connectivity index is 0.000000447. The number of hydrogen-bond acceptors (Lipinski definition) is 10. The number of esters is 1. The summed E-state index contributed by atoms with van der Waals surface area (Å²) in [6.07, 6.45) is 30.9. The first-order chi connectivity index (χ1) is 28.5. The topological polar surface area (TPSA) is 190 Å². The lowest BCUT2D eigenvalue weighted by Crippen LogP contribution is -2.28. The zero-order valence-corrected chi connectivity index (χ0v) is 38.1. The molecule has 0 aromatic rings. The highest BCUT2D eigenvalue weighted by Crippen LogP contribution is 2.14. The number of aliphatic hydroxyl groups excluding tert-OH is 2. The van der Waals surface area contributed by atoms with Crippen molar-refractivity contribution in [2.75, 3.05) is 19.8 Å². The molecule has 3 rings (SSSR count). The van der Waals surface area contributed by atoms with Gasteiger partial charge in [-0.2, -0.15) is 0 Å². The summed E-state index contributed by atoms with van der Waals surface area (Å²) in [5, 5.41) is 35.1. The van der Waals surface area contributed by atoms with E-state index in [2.05, 4.69) is 38.5 Å². The Morgan fingerprint density at radius 3 is 1.32 bits per heavy atom. The van der Waals surface area contributed by atoms with Gasteiger partial charge in [-0.15, -0.1) is 0 Å². The number of allylic oxidation sites excluding steroid dienone is 1. The first-order valence-electron chi connectivity index (χ1n) is 22.1. The van der Waals surface area contributed by atoms with Gasteiger partial charge in [0, 0.05) is 18.8 Å². The van der Waals surface area contributed by atoms with Gasteiger partial charge in [-0.25, -0.2) is 4.79 Å². The minimum absolute atomic E-state index is 0.00217. The third-order valence-electron chi connectivity index (χ3n) is 10.0. The van der Waals surface area contributed by atoms with Gasteiger partial charge >= 0.3 is 5.97 Å². The molecule has 8 N–H and O–H groups in total. The smallest absolute Gasteiger partial charge is 0.333 e. The Labute approximate surface area is 369 Å². The van der Waals surface area contributed by atoms with Crippen molar-refractivity contribution < 1.29 is 34.1 Å². The van der Waals surface area contributed by atoms with Gasteiger partial charge in [-0.05, 0) is 88.5 Å². The van der Waals surface area contributed by atoms with Crippen molar-refractivity contribution in [1.82, 2.24) is 31.9 Å². The van der Waals surface area contributed by atoms with Crippen LogP contribution in [0.5, 0.6) is 0 Å². The molecule has 0 bridgehead atoms. The maximum absolute atomic E-state index is 11.5. The summed E-state index contributed by atoms with van der Waals surface area (Å²) in [6.45, 7) is 6.32. The highest BCUT2D eigenvalue weighted by atomic mass is 32.1.